The highest BCUT2D eigenvalue weighted by Gasteiger charge is 2.43. The maximum atomic E-state index is 14.5. The van der Waals surface area contributed by atoms with Crippen molar-refractivity contribution in [2.75, 3.05) is 39.5 Å². The van der Waals surface area contributed by atoms with E-state index in [0.717, 1.165) is 12.1 Å². The number of hydrogen-bond donors (Lipinski definition) is 0. The summed E-state index contributed by atoms with van der Waals surface area (Å²) >= 11 is 0. The number of fused-ring (bicyclic) bond motifs is 1. The van der Waals surface area contributed by atoms with Crippen LogP contribution in [-0.2, 0) is 27.1 Å². The van der Waals surface area contributed by atoms with Crippen LogP contribution in [0.1, 0.15) is 24.0 Å². The van der Waals surface area contributed by atoms with E-state index in [1.807, 2.05) is 27.6 Å². The Kier molecular flexibility index (Phi) is 6.42. The molecule has 0 aliphatic carbocycles. The molecule has 2 fully saturated rings. The van der Waals surface area contributed by atoms with Crippen molar-refractivity contribution in [1.82, 2.24) is 14.3 Å². The Labute approximate surface area is 193 Å². The number of nitrogens with zero attached hydrogens (tertiary/aromatic N) is 3. The van der Waals surface area contributed by atoms with Crippen LogP contribution < -0.4 is 0 Å². The first kappa shape index (κ1) is 22.0. The van der Waals surface area contributed by atoms with Gasteiger partial charge in [-0.3, -0.25) is 4.79 Å². The topological polar surface area (TPSA) is 56.1 Å². The summed E-state index contributed by atoms with van der Waals surface area (Å²) < 4.78 is 28.0. The molecule has 3 aromatic rings. The third-order valence-corrected chi connectivity index (χ3v) is 6.99. The van der Waals surface area contributed by atoms with Crippen LogP contribution in [0.4, 0.5) is 4.39 Å². The standard InChI is InChI=1S/C26H30FN3O3/c27-23-4-2-1-3-22(23)16-26(7-12-32-13-8-26)25(31)30-11-14-33-19-21(18-30)15-20-5-6-24-28-9-10-29(24)17-20/h1-6,9-10,17,21H,7-8,11-16,18-19H2/t21-/m0/s1. The van der Waals surface area contributed by atoms with Crippen molar-refractivity contribution in [2.45, 2.75) is 25.7 Å². The van der Waals surface area contributed by atoms with Crippen LogP contribution in [0.15, 0.2) is 55.0 Å². The lowest BCUT2D eigenvalue weighted by Gasteiger charge is -2.40. The Balaban J connectivity index is 1.35. The van der Waals surface area contributed by atoms with E-state index in [9.17, 15) is 9.18 Å². The van der Waals surface area contributed by atoms with Gasteiger partial charge in [0.2, 0.25) is 5.91 Å². The zero-order chi connectivity index (χ0) is 22.7. The van der Waals surface area contributed by atoms with Crippen LogP contribution in [0.3, 0.4) is 0 Å². The molecule has 2 aliphatic rings. The van der Waals surface area contributed by atoms with Gasteiger partial charge in [-0.1, -0.05) is 24.3 Å². The smallest absolute Gasteiger partial charge is 0.229 e. The van der Waals surface area contributed by atoms with Gasteiger partial charge in [-0.15, -0.1) is 0 Å². The lowest BCUT2D eigenvalue weighted by Crippen LogP contribution is -2.50. The highest BCUT2D eigenvalue weighted by atomic mass is 19.1. The normalized spacial score (nSPS) is 21.1. The Morgan fingerprint density at radius 2 is 1.97 bits per heavy atom. The summed E-state index contributed by atoms with van der Waals surface area (Å²) in [6.07, 6.45) is 8.27. The van der Waals surface area contributed by atoms with Crippen molar-refractivity contribution < 1.29 is 18.7 Å². The van der Waals surface area contributed by atoms with E-state index in [2.05, 4.69) is 17.2 Å². The molecule has 0 N–H and O–H groups in total. The largest absolute Gasteiger partial charge is 0.381 e. The molecule has 2 saturated heterocycles. The monoisotopic (exact) mass is 451 g/mol. The summed E-state index contributed by atoms with van der Waals surface area (Å²) in [4.78, 5) is 20.2. The molecule has 7 heteroatoms. The number of imidazole rings is 1. The number of benzene rings is 1. The number of hydrogen-bond acceptors (Lipinski definition) is 4. The summed E-state index contributed by atoms with van der Waals surface area (Å²) in [7, 11) is 0. The molecule has 0 spiro atoms. The molecule has 1 atom stereocenters. The number of amides is 1. The Morgan fingerprint density at radius 1 is 1.12 bits per heavy atom. The van der Waals surface area contributed by atoms with E-state index >= 15 is 0 Å². The highest BCUT2D eigenvalue weighted by Crippen LogP contribution is 2.37. The summed E-state index contributed by atoms with van der Waals surface area (Å²) in [6, 6.07) is 10.9. The first-order chi connectivity index (χ1) is 16.1. The van der Waals surface area contributed by atoms with Crippen molar-refractivity contribution in [1.29, 1.82) is 0 Å². The second-order valence-corrected chi connectivity index (χ2v) is 9.29. The lowest BCUT2D eigenvalue weighted by molar-refractivity contribution is -0.148. The van der Waals surface area contributed by atoms with Crippen LogP contribution in [0.25, 0.3) is 5.65 Å². The van der Waals surface area contributed by atoms with E-state index in [1.54, 1.807) is 18.3 Å². The van der Waals surface area contributed by atoms with Gasteiger partial charge in [-0.05, 0) is 48.9 Å². The zero-order valence-corrected chi connectivity index (χ0v) is 18.8. The summed E-state index contributed by atoms with van der Waals surface area (Å²) in [6.45, 7) is 3.40. The van der Waals surface area contributed by atoms with Gasteiger partial charge < -0.3 is 18.8 Å². The number of aromatic nitrogens is 2. The van der Waals surface area contributed by atoms with Crippen molar-refractivity contribution in [2.24, 2.45) is 11.3 Å². The molecule has 0 saturated carbocycles. The summed E-state index contributed by atoms with van der Waals surface area (Å²) in [5, 5.41) is 0. The summed E-state index contributed by atoms with van der Waals surface area (Å²) in [5.41, 5.74) is 2.08. The predicted molar refractivity (Wildman–Crippen MR) is 122 cm³/mol. The molecule has 4 heterocycles. The first-order valence-corrected chi connectivity index (χ1v) is 11.7. The van der Waals surface area contributed by atoms with Gasteiger partial charge in [0.25, 0.3) is 0 Å². The quantitative estimate of drug-likeness (QED) is 0.596. The van der Waals surface area contributed by atoms with Gasteiger partial charge in [0.1, 0.15) is 11.5 Å². The van der Waals surface area contributed by atoms with E-state index < -0.39 is 5.41 Å². The summed E-state index contributed by atoms with van der Waals surface area (Å²) in [5.74, 6) is 0.0560. The van der Waals surface area contributed by atoms with Gasteiger partial charge in [0.15, 0.2) is 0 Å². The van der Waals surface area contributed by atoms with Gasteiger partial charge in [0, 0.05) is 50.8 Å². The predicted octanol–water partition coefficient (Wildman–Crippen LogP) is 3.53. The van der Waals surface area contributed by atoms with E-state index in [-0.39, 0.29) is 17.6 Å². The number of pyridine rings is 1. The van der Waals surface area contributed by atoms with Gasteiger partial charge in [-0.2, -0.15) is 0 Å². The van der Waals surface area contributed by atoms with Gasteiger partial charge >= 0.3 is 0 Å². The number of carbonyl (C=O) groups excluding carboxylic acids is 1. The maximum Gasteiger partial charge on any atom is 0.229 e. The number of carbonyl (C=O) groups is 1. The number of ether oxygens (including phenoxy) is 2. The Morgan fingerprint density at radius 3 is 2.82 bits per heavy atom. The molecule has 1 amide bonds. The molecule has 0 unspecified atom stereocenters. The van der Waals surface area contributed by atoms with Crippen LogP contribution in [0.5, 0.6) is 0 Å². The molecule has 0 radical (unpaired) electrons. The zero-order valence-electron chi connectivity index (χ0n) is 18.8. The highest BCUT2D eigenvalue weighted by molar-refractivity contribution is 5.83. The molecule has 0 bridgehead atoms. The van der Waals surface area contributed by atoms with Crippen LogP contribution in [-0.4, -0.2) is 59.7 Å². The minimum atomic E-state index is -0.634. The lowest BCUT2D eigenvalue weighted by atomic mass is 9.73. The molecule has 2 aliphatic heterocycles. The Hall–Kier alpha value is -2.77. The molecule has 2 aromatic heterocycles. The second kappa shape index (κ2) is 9.61. The number of halogens is 1. The average molecular weight is 452 g/mol. The van der Waals surface area contributed by atoms with Crippen LogP contribution in [0, 0.1) is 17.2 Å². The van der Waals surface area contributed by atoms with Gasteiger partial charge in [0.05, 0.1) is 18.6 Å². The fourth-order valence-electron chi connectivity index (χ4n) is 5.18. The first-order valence-electron chi connectivity index (χ1n) is 11.7. The SMILES string of the molecule is O=C(N1CCOC[C@@H](Cc2ccc3nccn3c2)C1)C1(Cc2ccccc2F)CCOCC1. The molecular weight excluding hydrogens is 421 g/mol. The number of rotatable bonds is 5. The van der Waals surface area contributed by atoms with Gasteiger partial charge in [-0.25, -0.2) is 9.37 Å². The maximum absolute atomic E-state index is 14.5. The molecule has 174 valence electrons. The van der Waals surface area contributed by atoms with E-state index in [4.69, 9.17) is 9.47 Å². The minimum Gasteiger partial charge on any atom is -0.381 e. The third kappa shape index (κ3) is 4.80. The fourth-order valence-corrected chi connectivity index (χ4v) is 5.18. The van der Waals surface area contributed by atoms with Crippen LogP contribution in [0.2, 0.25) is 0 Å². The molecule has 6 nitrogen and oxygen atoms in total. The van der Waals surface area contributed by atoms with E-state index in [1.165, 1.54) is 11.6 Å². The second-order valence-electron chi connectivity index (χ2n) is 9.29. The van der Waals surface area contributed by atoms with Crippen molar-refractivity contribution in [3.8, 4) is 0 Å². The molecule has 1 aromatic carbocycles. The van der Waals surface area contributed by atoms with E-state index in [0.29, 0.717) is 64.3 Å². The molecular formula is C26H30FN3O3. The molecule has 5 rings (SSSR count). The van der Waals surface area contributed by atoms with Crippen LogP contribution >= 0.6 is 0 Å². The Bertz CT molecular complexity index is 1110. The third-order valence-electron chi connectivity index (χ3n) is 6.99. The fraction of sp³-hybridized carbons (Fsp3) is 0.462. The molecule has 33 heavy (non-hydrogen) atoms. The average Bonchev–Trinajstić information content (AvgIpc) is 3.18. The van der Waals surface area contributed by atoms with Crippen molar-refractivity contribution >= 4 is 11.6 Å². The van der Waals surface area contributed by atoms with Crippen molar-refractivity contribution in [3.63, 3.8) is 0 Å². The van der Waals surface area contributed by atoms with Crippen molar-refractivity contribution in [3.05, 3.63) is 71.9 Å². The minimum absolute atomic E-state index is 0.106.